The Morgan fingerprint density at radius 3 is 1.78 bits per heavy atom. The third-order valence-corrected chi connectivity index (χ3v) is 9.73. The second-order valence-corrected chi connectivity index (χ2v) is 12.8. The molecule has 0 spiro atoms. The number of unbranched alkanes of at least 4 members (excludes halogenated alkanes) is 2. The van der Waals surface area contributed by atoms with Gasteiger partial charge in [-0.3, -0.25) is 0 Å². The fraction of sp³-hybridized carbons (Fsp3) is 0.514. The van der Waals surface area contributed by atoms with Crippen molar-refractivity contribution >= 4 is 0 Å². The van der Waals surface area contributed by atoms with Crippen LogP contribution in [0, 0.1) is 17.7 Å². The summed E-state index contributed by atoms with van der Waals surface area (Å²) in [7, 11) is 0. The minimum Gasteiger partial charge on any atom is -0.432 e. The molecule has 0 N–H and O–H groups in total. The molecule has 2 aliphatic rings. The zero-order valence-corrected chi connectivity index (χ0v) is 25.7. The van der Waals surface area contributed by atoms with E-state index in [0.29, 0.717) is 24.3 Å². The van der Waals surface area contributed by atoms with Gasteiger partial charge in [0.1, 0.15) is 17.3 Å². The van der Waals surface area contributed by atoms with Gasteiger partial charge in [-0.25, -0.2) is 4.39 Å². The molecule has 3 aromatic carbocycles. The lowest BCUT2D eigenvalue weighted by molar-refractivity contribution is -0.274. The highest BCUT2D eigenvalue weighted by molar-refractivity contribution is 5.65. The average molecular weight is 633 g/mol. The standard InChI is InChI=1S/C37H42F6O2/c1-2-3-4-5-25-6-8-28(9-7-25)30-16-23-34(35(38)24-30)29-12-10-26(11-13-29)27-14-17-31(18-15-27)36(39,40)44-32-19-21-33(22-20-32)45-37(41,42)43/h10-13,16,19-25,27-28,31H,2-9,14-15,17-18H2,1H3. The summed E-state index contributed by atoms with van der Waals surface area (Å²) in [4.78, 5) is 0. The molecule has 0 heterocycles. The normalized spacial score (nSPS) is 22.6. The van der Waals surface area contributed by atoms with Crippen molar-refractivity contribution in [3.05, 3.63) is 83.7 Å². The molecule has 244 valence electrons. The summed E-state index contributed by atoms with van der Waals surface area (Å²) in [6.07, 6.45) is 3.14. The van der Waals surface area contributed by atoms with Gasteiger partial charge in [0.2, 0.25) is 0 Å². The van der Waals surface area contributed by atoms with E-state index in [-0.39, 0.29) is 30.3 Å². The summed E-state index contributed by atoms with van der Waals surface area (Å²) in [5.74, 6) is -0.614. The van der Waals surface area contributed by atoms with Crippen LogP contribution < -0.4 is 9.47 Å². The van der Waals surface area contributed by atoms with E-state index in [0.717, 1.165) is 59.7 Å². The number of benzene rings is 3. The molecule has 3 aromatic rings. The van der Waals surface area contributed by atoms with Crippen molar-refractivity contribution in [3.8, 4) is 22.6 Å². The van der Waals surface area contributed by atoms with Crippen LogP contribution in [0.25, 0.3) is 11.1 Å². The van der Waals surface area contributed by atoms with Gasteiger partial charge in [-0.2, -0.15) is 8.78 Å². The molecule has 0 saturated heterocycles. The van der Waals surface area contributed by atoms with Gasteiger partial charge in [-0.15, -0.1) is 13.2 Å². The number of hydrogen-bond acceptors (Lipinski definition) is 2. The first-order chi connectivity index (χ1) is 21.5. The predicted molar refractivity (Wildman–Crippen MR) is 164 cm³/mol. The molecule has 0 atom stereocenters. The lowest BCUT2D eigenvalue weighted by Crippen LogP contribution is -2.37. The van der Waals surface area contributed by atoms with Crippen molar-refractivity contribution < 1.29 is 35.8 Å². The van der Waals surface area contributed by atoms with Gasteiger partial charge in [0.25, 0.3) is 0 Å². The third kappa shape index (κ3) is 8.98. The van der Waals surface area contributed by atoms with Gasteiger partial charge < -0.3 is 9.47 Å². The van der Waals surface area contributed by atoms with Crippen molar-refractivity contribution in [2.45, 2.75) is 108 Å². The first-order valence-electron chi connectivity index (χ1n) is 16.3. The Balaban J connectivity index is 1.12. The van der Waals surface area contributed by atoms with Gasteiger partial charge in [0, 0.05) is 5.56 Å². The predicted octanol–water partition coefficient (Wildman–Crippen LogP) is 12.2. The molecule has 2 fully saturated rings. The lowest BCUT2D eigenvalue weighted by atomic mass is 9.76. The molecule has 0 bridgehead atoms. The molecular formula is C37H42F6O2. The minimum absolute atomic E-state index is 0.106. The van der Waals surface area contributed by atoms with Crippen LogP contribution in [0.15, 0.2) is 66.7 Å². The van der Waals surface area contributed by atoms with Gasteiger partial charge in [0.05, 0.1) is 5.92 Å². The quantitative estimate of drug-likeness (QED) is 0.155. The molecule has 0 aromatic heterocycles. The Morgan fingerprint density at radius 2 is 1.20 bits per heavy atom. The first kappa shape index (κ1) is 33.2. The number of hydrogen-bond donors (Lipinski definition) is 0. The van der Waals surface area contributed by atoms with E-state index >= 15 is 4.39 Å². The van der Waals surface area contributed by atoms with Gasteiger partial charge >= 0.3 is 12.5 Å². The maximum Gasteiger partial charge on any atom is 0.573 e. The number of rotatable bonds is 11. The highest BCUT2D eigenvalue weighted by Crippen LogP contribution is 2.44. The Kier molecular flexibility index (Phi) is 10.7. The SMILES string of the molecule is CCCCCC1CCC(c2ccc(-c3ccc(C4CCC(C(F)(F)Oc5ccc(OC(F)(F)F)cc5)CC4)cc3)c(F)c2)CC1. The fourth-order valence-corrected chi connectivity index (χ4v) is 7.13. The third-order valence-electron chi connectivity index (χ3n) is 9.73. The van der Waals surface area contributed by atoms with Crippen molar-refractivity contribution in [3.63, 3.8) is 0 Å². The lowest BCUT2D eigenvalue weighted by Gasteiger charge is -2.33. The Bertz CT molecular complexity index is 1350. The maximum atomic E-state index is 15.3. The second-order valence-electron chi connectivity index (χ2n) is 12.8. The van der Waals surface area contributed by atoms with Crippen molar-refractivity contribution in [2.75, 3.05) is 0 Å². The van der Waals surface area contributed by atoms with Crippen LogP contribution in [-0.2, 0) is 0 Å². The Labute approximate surface area is 262 Å². The number of alkyl halides is 5. The Morgan fingerprint density at radius 1 is 0.644 bits per heavy atom. The van der Waals surface area contributed by atoms with E-state index in [2.05, 4.69) is 17.7 Å². The van der Waals surface area contributed by atoms with Crippen LogP contribution in [0.4, 0.5) is 26.3 Å². The van der Waals surface area contributed by atoms with E-state index in [4.69, 9.17) is 4.74 Å². The van der Waals surface area contributed by atoms with Crippen LogP contribution in [0.2, 0.25) is 0 Å². The summed E-state index contributed by atoms with van der Waals surface area (Å²) < 4.78 is 90.9. The minimum atomic E-state index is -4.86. The largest absolute Gasteiger partial charge is 0.573 e. The molecule has 0 aliphatic heterocycles. The van der Waals surface area contributed by atoms with Crippen LogP contribution in [0.3, 0.4) is 0 Å². The van der Waals surface area contributed by atoms with Gasteiger partial charge in [-0.1, -0.05) is 69.0 Å². The molecule has 0 unspecified atom stereocenters. The summed E-state index contributed by atoms with van der Waals surface area (Å²) >= 11 is 0. The summed E-state index contributed by atoms with van der Waals surface area (Å²) in [5.41, 5.74) is 3.49. The molecule has 5 rings (SSSR count). The van der Waals surface area contributed by atoms with E-state index in [1.165, 1.54) is 38.5 Å². The molecule has 2 nitrogen and oxygen atoms in total. The smallest absolute Gasteiger partial charge is 0.432 e. The zero-order chi connectivity index (χ0) is 32.0. The number of halogens is 6. The van der Waals surface area contributed by atoms with Crippen LogP contribution in [0.1, 0.15) is 107 Å². The summed E-state index contributed by atoms with van der Waals surface area (Å²) in [5, 5.41) is 0. The topological polar surface area (TPSA) is 18.5 Å². The second kappa shape index (κ2) is 14.5. The molecule has 0 amide bonds. The highest BCUT2D eigenvalue weighted by Gasteiger charge is 2.44. The van der Waals surface area contributed by atoms with Gasteiger partial charge in [0.15, 0.2) is 0 Å². The number of ether oxygens (including phenoxy) is 2. The van der Waals surface area contributed by atoms with E-state index < -0.39 is 24.1 Å². The van der Waals surface area contributed by atoms with E-state index in [1.54, 1.807) is 6.07 Å². The zero-order valence-electron chi connectivity index (χ0n) is 25.7. The molecular weight excluding hydrogens is 590 g/mol. The Hall–Kier alpha value is -3.16. The molecule has 8 heteroatoms. The summed E-state index contributed by atoms with van der Waals surface area (Å²) in [6.45, 7) is 2.23. The fourth-order valence-electron chi connectivity index (χ4n) is 7.13. The monoisotopic (exact) mass is 632 g/mol. The molecule has 2 saturated carbocycles. The molecule has 45 heavy (non-hydrogen) atoms. The van der Waals surface area contributed by atoms with Crippen LogP contribution in [-0.4, -0.2) is 12.5 Å². The van der Waals surface area contributed by atoms with Crippen LogP contribution in [0.5, 0.6) is 11.5 Å². The van der Waals surface area contributed by atoms with Crippen molar-refractivity contribution in [1.82, 2.24) is 0 Å². The van der Waals surface area contributed by atoms with Gasteiger partial charge in [-0.05, 0) is 116 Å². The first-order valence-corrected chi connectivity index (χ1v) is 16.3. The van der Waals surface area contributed by atoms with E-state index in [1.807, 2.05) is 30.3 Å². The van der Waals surface area contributed by atoms with Crippen LogP contribution >= 0.6 is 0 Å². The molecule has 2 aliphatic carbocycles. The summed E-state index contributed by atoms with van der Waals surface area (Å²) in [6, 6.07) is 17.4. The van der Waals surface area contributed by atoms with Crippen molar-refractivity contribution in [2.24, 2.45) is 11.8 Å². The maximum absolute atomic E-state index is 15.3. The molecule has 0 radical (unpaired) electrons. The average Bonchev–Trinajstić information content (AvgIpc) is 3.02. The van der Waals surface area contributed by atoms with Crippen molar-refractivity contribution in [1.29, 1.82) is 0 Å². The highest BCUT2D eigenvalue weighted by atomic mass is 19.4. The van der Waals surface area contributed by atoms with E-state index in [9.17, 15) is 22.0 Å².